The molecule has 0 fully saturated rings. The smallest absolute Gasteiger partial charge is 0.241 e. The number of rotatable bonds is 2. The summed E-state index contributed by atoms with van der Waals surface area (Å²) >= 11 is 5.96. The number of nitrogens with one attached hydrogen (secondary N) is 1. The van der Waals surface area contributed by atoms with Crippen LogP contribution >= 0.6 is 11.6 Å². The number of amides is 1. The first-order valence-corrected chi connectivity index (χ1v) is 5.89. The molecule has 1 aromatic rings. The fourth-order valence-corrected chi connectivity index (χ4v) is 1.52. The van der Waals surface area contributed by atoms with Gasteiger partial charge in [0.2, 0.25) is 5.91 Å². The molecule has 1 atom stereocenters. The Bertz CT molecular complexity index is 500. The summed E-state index contributed by atoms with van der Waals surface area (Å²) in [7, 11) is 0. The number of anilines is 1. The maximum atomic E-state index is 11.9. The molecule has 0 aromatic heterocycles. The first-order valence-electron chi connectivity index (χ1n) is 5.52. The zero-order valence-electron chi connectivity index (χ0n) is 10.6. The van der Waals surface area contributed by atoms with Crippen LogP contribution in [0.15, 0.2) is 18.2 Å². The van der Waals surface area contributed by atoms with Crippen molar-refractivity contribution in [1.82, 2.24) is 0 Å². The van der Waals surface area contributed by atoms with E-state index in [2.05, 4.69) is 5.32 Å². The van der Waals surface area contributed by atoms with Gasteiger partial charge in [0.15, 0.2) is 0 Å². The Morgan fingerprint density at radius 1 is 1.50 bits per heavy atom. The number of carbonyl (C=O) groups excluding carboxylic acids is 1. The Hall–Kier alpha value is -1.57. The molecule has 4 nitrogen and oxygen atoms in total. The van der Waals surface area contributed by atoms with Gasteiger partial charge in [-0.15, -0.1) is 0 Å². The van der Waals surface area contributed by atoms with Gasteiger partial charge in [0.05, 0.1) is 28.4 Å². The van der Waals surface area contributed by atoms with Gasteiger partial charge in [0, 0.05) is 0 Å². The van der Waals surface area contributed by atoms with Gasteiger partial charge in [-0.05, 0) is 23.6 Å². The SMILES string of the molecule is CC(C)(C)[C@@H](N)C(=O)Nc1ccc(C#N)cc1Cl. The van der Waals surface area contributed by atoms with Crippen LogP contribution in [0.5, 0.6) is 0 Å². The first-order chi connectivity index (χ1) is 8.25. The Morgan fingerprint density at radius 3 is 2.56 bits per heavy atom. The second-order valence-corrected chi connectivity index (χ2v) is 5.55. The third kappa shape index (κ3) is 3.46. The number of hydrogen-bond acceptors (Lipinski definition) is 3. The molecule has 0 aliphatic rings. The van der Waals surface area contributed by atoms with Gasteiger partial charge in [-0.2, -0.15) is 5.26 Å². The molecule has 0 aliphatic heterocycles. The number of benzene rings is 1. The molecule has 5 heteroatoms. The highest BCUT2D eigenvalue weighted by molar-refractivity contribution is 6.33. The van der Waals surface area contributed by atoms with Gasteiger partial charge in [0.25, 0.3) is 0 Å². The lowest BCUT2D eigenvalue weighted by Gasteiger charge is -2.26. The van der Waals surface area contributed by atoms with Crippen LogP contribution in [0.2, 0.25) is 5.02 Å². The van der Waals surface area contributed by atoms with E-state index in [1.54, 1.807) is 12.1 Å². The molecule has 0 unspecified atom stereocenters. The van der Waals surface area contributed by atoms with Crippen molar-refractivity contribution in [1.29, 1.82) is 5.26 Å². The van der Waals surface area contributed by atoms with Gasteiger partial charge in [-0.1, -0.05) is 32.4 Å². The van der Waals surface area contributed by atoms with Crippen LogP contribution < -0.4 is 11.1 Å². The molecule has 0 spiro atoms. The standard InChI is InChI=1S/C13H16ClN3O/c1-13(2,3)11(16)12(18)17-10-5-4-8(7-15)6-9(10)14/h4-6,11H,16H2,1-3H3,(H,17,18)/t11-/m0/s1. The lowest BCUT2D eigenvalue weighted by Crippen LogP contribution is -2.45. The Labute approximate surface area is 112 Å². The summed E-state index contributed by atoms with van der Waals surface area (Å²) in [6, 6.07) is 6.02. The lowest BCUT2D eigenvalue weighted by molar-refractivity contribution is -0.119. The third-order valence-corrected chi connectivity index (χ3v) is 2.88. The van der Waals surface area contributed by atoms with Crippen LogP contribution in [0.1, 0.15) is 26.3 Å². The van der Waals surface area contributed by atoms with Crippen molar-refractivity contribution in [3.8, 4) is 6.07 Å². The van der Waals surface area contributed by atoms with E-state index in [9.17, 15) is 4.79 Å². The van der Waals surface area contributed by atoms with Crippen molar-refractivity contribution >= 4 is 23.2 Å². The van der Waals surface area contributed by atoms with Gasteiger partial charge in [0.1, 0.15) is 0 Å². The van der Waals surface area contributed by atoms with E-state index in [-0.39, 0.29) is 11.3 Å². The molecule has 0 saturated carbocycles. The highest BCUT2D eigenvalue weighted by atomic mass is 35.5. The molecule has 0 aliphatic carbocycles. The monoisotopic (exact) mass is 265 g/mol. The molecule has 1 rings (SSSR count). The molecule has 0 heterocycles. The number of halogens is 1. The van der Waals surface area contributed by atoms with Crippen LogP contribution in [-0.4, -0.2) is 11.9 Å². The van der Waals surface area contributed by atoms with Gasteiger partial charge < -0.3 is 11.1 Å². The van der Waals surface area contributed by atoms with Crippen LogP contribution in [0, 0.1) is 16.7 Å². The minimum atomic E-state index is -0.635. The van der Waals surface area contributed by atoms with E-state index >= 15 is 0 Å². The molecular weight excluding hydrogens is 250 g/mol. The quantitative estimate of drug-likeness (QED) is 0.862. The molecule has 1 amide bonds. The van der Waals surface area contributed by atoms with Crippen molar-refractivity contribution in [3.63, 3.8) is 0 Å². The molecule has 1 aromatic carbocycles. The molecular formula is C13H16ClN3O. The van der Waals surface area contributed by atoms with Crippen molar-refractivity contribution in [2.75, 3.05) is 5.32 Å². The van der Waals surface area contributed by atoms with Gasteiger partial charge in [-0.3, -0.25) is 4.79 Å². The number of carbonyl (C=O) groups is 1. The highest BCUT2D eigenvalue weighted by Gasteiger charge is 2.27. The summed E-state index contributed by atoms with van der Waals surface area (Å²) in [6.45, 7) is 5.66. The van der Waals surface area contributed by atoms with Crippen LogP contribution in [0.4, 0.5) is 5.69 Å². The van der Waals surface area contributed by atoms with Crippen LogP contribution in [0.3, 0.4) is 0 Å². The van der Waals surface area contributed by atoms with Crippen LogP contribution in [0.25, 0.3) is 0 Å². The second-order valence-electron chi connectivity index (χ2n) is 5.14. The summed E-state index contributed by atoms with van der Waals surface area (Å²) in [6.07, 6.45) is 0. The maximum Gasteiger partial charge on any atom is 0.241 e. The Balaban J connectivity index is 2.87. The van der Waals surface area contributed by atoms with Crippen molar-refractivity contribution < 1.29 is 4.79 Å². The normalized spacial score (nSPS) is 12.7. The van der Waals surface area contributed by atoms with Crippen molar-refractivity contribution in [2.45, 2.75) is 26.8 Å². The van der Waals surface area contributed by atoms with E-state index < -0.39 is 6.04 Å². The van der Waals surface area contributed by atoms with Crippen LogP contribution in [-0.2, 0) is 4.79 Å². The molecule has 18 heavy (non-hydrogen) atoms. The maximum absolute atomic E-state index is 11.9. The van der Waals surface area contributed by atoms with Gasteiger partial charge in [-0.25, -0.2) is 0 Å². The van der Waals surface area contributed by atoms with Gasteiger partial charge >= 0.3 is 0 Å². The van der Waals surface area contributed by atoms with E-state index in [0.717, 1.165) is 0 Å². The fourth-order valence-electron chi connectivity index (χ4n) is 1.29. The van der Waals surface area contributed by atoms with E-state index in [4.69, 9.17) is 22.6 Å². The molecule has 96 valence electrons. The molecule has 0 bridgehead atoms. The van der Waals surface area contributed by atoms with E-state index in [0.29, 0.717) is 16.3 Å². The van der Waals surface area contributed by atoms with Crippen molar-refractivity contribution in [2.24, 2.45) is 11.1 Å². The zero-order chi connectivity index (χ0) is 13.9. The predicted octanol–water partition coefficient (Wildman–Crippen LogP) is 2.52. The third-order valence-electron chi connectivity index (χ3n) is 2.57. The second kappa shape index (κ2) is 5.38. The predicted molar refractivity (Wildman–Crippen MR) is 72.2 cm³/mol. The average Bonchev–Trinajstić information content (AvgIpc) is 2.29. The Kier molecular flexibility index (Phi) is 4.33. The first kappa shape index (κ1) is 14.5. The number of hydrogen-bond donors (Lipinski definition) is 2. The Morgan fingerprint density at radius 2 is 2.11 bits per heavy atom. The van der Waals surface area contributed by atoms with E-state index in [1.165, 1.54) is 6.07 Å². The number of nitriles is 1. The minimum absolute atomic E-state index is 0.297. The topological polar surface area (TPSA) is 78.9 Å². The average molecular weight is 266 g/mol. The molecule has 0 saturated heterocycles. The number of nitrogens with two attached hydrogens (primary N) is 1. The summed E-state index contributed by atoms with van der Waals surface area (Å²) in [5, 5.41) is 11.7. The number of nitrogens with zero attached hydrogens (tertiary/aromatic N) is 1. The summed E-state index contributed by atoms with van der Waals surface area (Å²) < 4.78 is 0. The highest BCUT2D eigenvalue weighted by Crippen LogP contribution is 2.24. The summed E-state index contributed by atoms with van der Waals surface area (Å²) in [4.78, 5) is 11.9. The molecule has 3 N–H and O–H groups in total. The van der Waals surface area contributed by atoms with E-state index in [1.807, 2.05) is 26.8 Å². The zero-order valence-corrected chi connectivity index (χ0v) is 11.4. The minimum Gasteiger partial charge on any atom is -0.323 e. The molecule has 0 radical (unpaired) electrons. The summed E-state index contributed by atoms with van der Waals surface area (Å²) in [5.74, 6) is -0.297. The summed E-state index contributed by atoms with van der Waals surface area (Å²) in [5.41, 5.74) is 6.41. The van der Waals surface area contributed by atoms with Crippen molar-refractivity contribution in [3.05, 3.63) is 28.8 Å². The largest absolute Gasteiger partial charge is 0.323 e. The lowest BCUT2D eigenvalue weighted by atomic mass is 9.87. The fraction of sp³-hybridized carbons (Fsp3) is 0.385.